The van der Waals surface area contributed by atoms with E-state index in [1.165, 1.54) is 19.2 Å². The minimum Gasteiger partial charge on any atom is -0.311 e. The summed E-state index contributed by atoms with van der Waals surface area (Å²) in [7, 11) is 1.40. The first-order valence-electron chi connectivity index (χ1n) is 8.46. The largest absolute Gasteiger partial charge is 0.417 e. The molecule has 1 saturated heterocycles. The highest BCUT2D eigenvalue weighted by Gasteiger charge is 2.41. The van der Waals surface area contributed by atoms with Gasteiger partial charge in [0.05, 0.1) is 17.0 Å². The van der Waals surface area contributed by atoms with Crippen LogP contribution in [0, 0.1) is 5.92 Å². The molecule has 2 heterocycles. The molecule has 9 heteroatoms. The van der Waals surface area contributed by atoms with Gasteiger partial charge in [-0.3, -0.25) is 9.69 Å². The summed E-state index contributed by atoms with van der Waals surface area (Å²) < 4.78 is 79.3. The SMILES string of the molecule is Cn1c(=O)cc(C(F)(F)F)c2cc(CN3CCC(C(F)(F)F)CC3)ccc21. The molecule has 0 unspecified atom stereocenters. The molecule has 0 bridgehead atoms. The maximum absolute atomic E-state index is 13.3. The fraction of sp³-hybridized carbons (Fsp3) is 0.500. The summed E-state index contributed by atoms with van der Waals surface area (Å²) in [6, 6.07) is 5.00. The van der Waals surface area contributed by atoms with Gasteiger partial charge in [-0.1, -0.05) is 6.07 Å². The van der Waals surface area contributed by atoms with Gasteiger partial charge in [0, 0.05) is 25.0 Å². The number of rotatable bonds is 2. The van der Waals surface area contributed by atoms with Gasteiger partial charge in [-0.15, -0.1) is 0 Å². The smallest absolute Gasteiger partial charge is 0.311 e. The average molecular weight is 392 g/mol. The molecule has 3 rings (SSSR count). The van der Waals surface area contributed by atoms with Crippen molar-refractivity contribution in [1.29, 1.82) is 0 Å². The Bertz CT molecular complexity index is 892. The van der Waals surface area contributed by atoms with E-state index in [1.54, 1.807) is 11.0 Å². The Labute approximate surface area is 151 Å². The standard InChI is InChI=1S/C18H18F6N2O/c1-25-15-3-2-11(8-13(15)14(9-16(25)27)18(22,23)24)10-26-6-4-12(5-7-26)17(19,20)21/h2-3,8-9,12H,4-7,10H2,1H3. The number of hydrogen-bond donors (Lipinski definition) is 0. The molecule has 0 spiro atoms. The fourth-order valence-electron chi connectivity index (χ4n) is 3.52. The van der Waals surface area contributed by atoms with Gasteiger partial charge < -0.3 is 4.57 Å². The van der Waals surface area contributed by atoms with Gasteiger partial charge in [0.2, 0.25) is 0 Å². The van der Waals surface area contributed by atoms with Crippen molar-refractivity contribution in [3.05, 3.63) is 45.7 Å². The predicted molar refractivity (Wildman–Crippen MR) is 88.2 cm³/mol. The molecule has 0 radical (unpaired) electrons. The molecule has 0 amide bonds. The van der Waals surface area contributed by atoms with Gasteiger partial charge in [0.1, 0.15) is 0 Å². The van der Waals surface area contributed by atoms with Gasteiger partial charge in [0.25, 0.3) is 5.56 Å². The van der Waals surface area contributed by atoms with Gasteiger partial charge in [-0.2, -0.15) is 26.3 Å². The highest BCUT2D eigenvalue weighted by atomic mass is 19.4. The zero-order valence-corrected chi connectivity index (χ0v) is 14.5. The third kappa shape index (κ3) is 4.12. The molecule has 0 N–H and O–H groups in total. The van der Waals surface area contributed by atoms with E-state index in [-0.39, 0.29) is 43.4 Å². The van der Waals surface area contributed by atoms with Gasteiger partial charge >= 0.3 is 12.4 Å². The Morgan fingerprint density at radius 3 is 2.22 bits per heavy atom. The van der Waals surface area contributed by atoms with Gasteiger partial charge in [-0.05, 0) is 43.6 Å². The summed E-state index contributed by atoms with van der Waals surface area (Å²) in [4.78, 5) is 13.6. The van der Waals surface area contributed by atoms with Crippen LogP contribution in [0.4, 0.5) is 26.3 Å². The number of nitrogens with zero attached hydrogens (tertiary/aromatic N) is 2. The van der Waals surface area contributed by atoms with E-state index < -0.39 is 29.4 Å². The lowest BCUT2D eigenvalue weighted by Gasteiger charge is -2.32. The van der Waals surface area contributed by atoms with Crippen LogP contribution in [0.25, 0.3) is 10.9 Å². The van der Waals surface area contributed by atoms with E-state index >= 15 is 0 Å². The molecule has 27 heavy (non-hydrogen) atoms. The zero-order chi connectivity index (χ0) is 20.0. The van der Waals surface area contributed by atoms with Crippen LogP contribution in [0.3, 0.4) is 0 Å². The monoisotopic (exact) mass is 392 g/mol. The van der Waals surface area contributed by atoms with E-state index in [9.17, 15) is 31.1 Å². The van der Waals surface area contributed by atoms with Crippen LogP contribution in [0.5, 0.6) is 0 Å². The number of pyridine rings is 1. The predicted octanol–water partition coefficient (Wildman–Crippen LogP) is 4.33. The van der Waals surface area contributed by atoms with Gasteiger partial charge in [-0.25, -0.2) is 0 Å². The number of fused-ring (bicyclic) bond motifs is 1. The van der Waals surface area contributed by atoms with Crippen molar-refractivity contribution in [2.45, 2.75) is 31.7 Å². The minimum absolute atomic E-state index is 0.0145. The number of hydrogen-bond acceptors (Lipinski definition) is 2. The van der Waals surface area contributed by atoms with Crippen LogP contribution >= 0.6 is 0 Å². The van der Waals surface area contributed by atoms with Crippen LogP contribution in [0.1, 0.15) is 24.0 Å². The van der Waals surface area contributed by atoms with Crippen LogP contribution in [-0.2, 0) is 19.8 Å². The van der Waals surface area contributed by atoms with Crippen molar-refractivity contribution in [2.24, 2.45) is 13.0 Å². The second-order valence-corrected chi connectivity index (χ2v) is 6.90. The van der Waals surface area contributed by atoms with E-state index in [0.29, 0.717) is 11.6 Å². The molecule has 1 aromatic heterocycles. The number of aromatic nitrogens is 1. The topological polar surface area (TPSA) is 25.2 Å². The highest BCUT2D eigenvalue weighted by molar-refractivity contribution is 5.83. The number of benzene rings is 1. The van der Waals surface area contributed by atoms with Crippen LogP contribution in [-0.4, -0.2) is 28.7 Å². The molecular weight excluding hydrogens is 374 g/mol. The number of likely N-dealkylation sites (tertiary alicyclic amines) is 1. The van der Waals surface area contributed by atoms with Crippen LogP contribution in [0.15, 0.2) is 29.1 Å². The zero-order valence-electron chi connectivity index (χ0n) is 14.5. The third-order valence-corrected chi connectivity index (χ3v) is 5.07. The van der Waals surface area contributed by atoms with Crippen molar-refractivity contribution >= 4 is 10.9 Å². The molecule has 3 nitrogen and oxygen atoms in total. The van der Waals surface area contributed by atoms with Crippen molar-refractivity contribution in [3.8, 4) is 0 Å². The Hall–Kier alpha value is -2.03. The second kappa shape index (κ2) is 6.85. The van der Waals surface area contributed by atoms with E-state index in [0.717, 1.165) is 4.57 Å². The normalized spacial score (nSPS) is 17.6. The Kier molecular flexibility index (Phi) is 5.00. The number of aryl methyl sites for hydroxylation is 1. The third-order valence-electron chi connectivity index (χ3n) is 5.07. The molecule has 1 aliphatic rings. The molecule has 1 aromatic carbocycles. The van der Waals surface area contributed by atoms with E-state index in [1.807, 2.05) is 0 Å². The highest BCUT2D eigenvalue weighted by Crippen LogP contribution is 2.36. The summed E-state index contributed by atoms with van der Waals surface area (Å²) in [5.74, 6) is -1.32. The summed E-state index contributed by atoms with van der Waals surface area (Å²) in [5, 5.41) is -0.0905. The molecule has 0 aliphatic carbocycles. The van der Waals surface area contributed by atoms with Crippen molar-refractivity contribution in [1.82, 2.24) is 9.47 Å². The van der Waals surface area contributed by atoms with E-state index in [4.69, 9.17) is 0 Å². The van der Waals surface area contributed by atoms with Crippen LogP contribution < -0.4 is 5.56 Å². The van der Waals surface area contributed by atoms with E-state index in [2.05, 4.69) is 0 Å². The minimum atomic E-state index is -4.67. The van der Waals surface area contributed by atoms with Crippen molar-refractivity contribution < 1.29 is 26.3 Å². The quantitative estimate of drug-likeness (QED) is 0.711. The second-order valence-electron chi connectivity index (χ2n) is 6.90. The summed E-state index contributed by atoms with van der Waals surface area (Å²) in [6.45, 7) is 0.740. The molecule has 1 aliphatic heterocycles. The lowest BCUT2D eigenvalue weighted by Crippen LogP contribution is -2.38. The first kappa shape index (κ1) is 19.7. The number of piperidine rings is 1. The molecule has 1 fully saturated rings. The molecule has 148 valence electrons. The first-order chi connectivity index (χ1) is 12.5. The number of alkyl halides is 6. The summed E-state index contributed by atoms with van der Waals surface area (Å²) >= 11 is 0. The average Bonchev–Trinajstić information content (AvgIpc) is 2.57. The molecule has 0 saturated carbocycles. The first-order valence-corrected chi connectivity index (χ1v) is 8.46. The Balaban J connectivity index is 1.87. The summed E-state index contributed by atoms with van der Waals surface area (Å²) in [6.07, 6.45) is -8.91. The maximum Gasteiger partial charge on any atom is 0.417 e. The molecule has 0 atom stereocenters. The lowest BCUT2D eigenvalue weighted by atomic mass is 9.96. The van der Waals surface area contributed by atoms with Crippen molar-refractivity contribution in [2.75, 3.05) is 13.1 Å². The van der Waals surface area contributed by atoms with Crippen LogP contribution in [0.2, 0.25) is 0 Å². The van der Waals surface area contributed by atoms with Gasteiger partial charge in [0.15, 0.2) is 0 Å². The lowest BCUT2D eigenvalue weighted by molar-refractivity contribution is -0.185. The molecular formula is C18H18F6N2O. The molecule has 2 aromatic rings. The number of halogens is 6. The van der Waals surface area contributed by atoms with Crippen molar-refractivity contribution in [3.63, 3.8) is 0 Å². The Morgan fingerprint density at radius 2 is 1.67 bits per heavy atom. The Morgan fingerprint density at radius 1 is 1.04 bits per heavy atom. The summed E-state index contributed by atoms with van der Waals surface area (Å²) in [5.41, 5.74) is -1.03. The maximum atomic E-state index is 13.3. The fourth-order valence-corrected chi connectivity index (χ4v) is 3.52.